The van der Waals surface area contributed by atoms with Gasteiger partial charge < -0.3 is 60.3 Å². The number of carbonyl (C=O) groups is 5. The molecule has 6 rings (SSSR count). The van der Waals surface area contributed by atoms with Gasteiger partial charge in [-0.3, -0.25) is 29.2 Å². The van der Waals surface area contributed by atoms with E-state index in [-0.39, 0.29) is 87.4 Å². The molecule has 8 N–H and O–H groups in total. The first-order valence-corrected chi connectivity index (χ1v) is 23.5. The van der Waals surface area contributed by atoms with Crippen molar-refractivity contribution in [3.63, 3.8) is 0 Å². The van der Waals surface area contributed by atoms with E-state index in [1.165, 1.54) is 18.2 Å². The Balaban J connectivity index is 1.40. The summed E-state index contributed by atoms with van der Waals surface area (Å²) >= 11 is 0. The summed E-state index contributed by atoms with van der Waals surface area (Å²) in [4.78, 5) is 77.6. The summed E-state index contributed by atoms with van der Waals surface area (Å²) in [5, 5.41) is 22.2. The predicted molar refractivity (Wildman–Crippen MR) is 269 cm³/mol. The molecule has 2 aromatic carbocycles. The number of nitrogens with zero attached hydrogens (tertiary/aromatic N) is 7. The summed E-state index contributed by atoms with van der Waals surface area (Å²) < 4.78 is 33.4. The van der Waals surface area contributed by atoms with E-state index in [1.807, 2.05) is 48.2 Å². The number of hydrogen-bond donors (Lipinski definition) is 6. The highest BCUT2D eigenvalue weighted by Gasteiger charge is 2.23. The molecule has 23 heteroatoms. The number of amides is 4. The van der Waals surface area contributed by atoms with Crippen LogP contribution in [0.3, 0.4) is 0 Å². The fraction of sp³-hybridized carbons (Fsp3) is 0.388. The molecule has 4 heterocycles. The van der Waals surface area contributed by atoms with Crippen molar-refractivity contribution < 1.29 is 47.7 Å². The number of benzene rings is 2. The predicted octanol–water partition coefficient (Wildman–Crippen LogP) is 4.92. The summed E-state index contributed by atoms with van der Waals surface area (Å²) in [7, 11) is 1.58. The third-order valence-electron chi connectivity index (χ3n) is 10.8. The summed E-state index contributed by atoms with van der Waals surface area (Å²) in [6.45, 7) is 11.2. The van der Waals surface area contributed by atoms with E-state index in [2.05, 4.69) is 21.0 Å². The maximum atomic E-state index is 13.8. The molecule has 23 nitrogen and oxygen atoms in total. The number of allylic oxidation sites excluding steroid dienone is 3. The van der Waals surface area contributed by atoms with Gasteiger partial charge in [-0.15, -0.1) is 0 Å². The smallest absolute Gasteiger partial charge is 0.407 e. The van der Waals surface area contributed by atoms with Crippen LogP contribution in [0, 0.1) is 12.3 Å². The van der Waals surface area contributed by atoms with E-state index < -0.39 is 29.8 Å². The van der Waals surface area contributed by atoms with Gasteiger partial charge >= 0.3 is 12.1 Å². The van der Waals surface area contributed by atoms with Crippen LogP contribution >= 0.6 is 0 Å². The van der Waals surface area contributed by atoms with Crippen molar-refractivity contribution in [1.82, 2.24) is 44.5 Å². The highest BCUT2D eigenvalue weighted by Crippen LogP contribution is 2.37. The second-order valence-electron chi connectivity index (χ2n) is 16.2. The van der Waals surface area contributed by atoms with Crippen molar-refractivity contribution in [2.45, 2.75) is 73.5 Å². The van der Waals surface area contributed by atoms with Crippen molar-refractivity contribution in [3.05, 3.63) is 77.3 Å². The van der Waals surface area contributed by atoms with Crippen molar-refractivity contribution >= 4 is 74.4 Å². The normalized spacial score (nSPS) is 11.6. The minimum Gasteiger partial charge on any atom is -0.491 e. The van der Waals surface area contributed by atoms with E-state index in [1.54, 1.807) is 43.9 Å². The highest BCUT2D eigenvalue weighted by molar-refractivity contribution is 6.12. The fourth-order valence-electron chi connectivity index (χ4n) is 7.72. The van der Waals surface area contributed by atoms with Gasteiger partial charge in [-0.1, -0.05) is 12.2 Å². The number of aromatic nitrogens is 7. The fourth-order valence-corrected chi connectivity index (χ4v) is 7.72. The molecule has 0 fully saturated rings. The number of esters is 1. The second kappa shape index (κ2) is 25.0. The highest BCUT2D eigenvalue weighted by atomic mass is 16.6. The van der Waals surface area contributed by atoms with Crippen molar-refractivity contribution in [1.29, 1.82) is 5.41 Å². The maximum Gasteiger partial charge on any atom is 0.407 e. The summed E-state index contributed by atoms with van der Waals surface area (Å²) in [5.41, 5.74) is 15.6. The Hall–Kier alpha value is -8.34. The number of nitrogens with two attached hydrogens (primary N) is 2. The first-order chi connectivity index (χ1) is 34.7. The zero-order valence-corrected chi connectivity index (χ0v) is 41.3. The van der Waals surface area contributed by atoms with E-state index >= 15 is 0 Å². The number of aryl methyl sites for hydroxylation is 2. The first kappa shape index (κ1) is 53.0. The Bertz CT molecular complexity index is 3040. The van der Waals surface area contributed by atoms with E-state index in [0.717, 1.165) is 5.69 Å². The number of methoxy groups -OCH3 is 1. The van der Waals surface area contributed by atoms with Gasteiger partial charge in [0.15, 0.2) is 5.82 Å². The Labute approximate surface area is 414 Å². The van der Waals surface area contributed by atoms with Crippen LogP contribution in [-0.2, 0) is 43.4 Å². The van der Waals surface area contributed by atoms with E-state index in [9.17, 15) is 24.0 Å². The van der Waals surface area contributed by atoms with Gasteiger partial charge in [0.05, 0.1) is 49.6 Å². The van der Waals surface area contributed by atoms with Gasteiger partial charge in [-0.2, -0.15) is 5.10 Å². The summed E-state index contributed by atoms with van der Waals surface area (Å²) in [6.07, 6.45) is 6.95. The van der Waals surface area contributed by atoms with Crippen LogP contribution in [0.5, 0.6) is 11.5 Å². The lowest BCUT2D eigenvalue weighted by Crippen LogP contribution is -2.27. The number of carbonyl (C=O) groups excluding carboxylic acids is 5. The largest absolute Gasteiger partial charge is 0.491 e. The van der Waals surface area contributed by atoms with Crippen LogP contribution in [-0.4, -0.2) is 123 Å². The maximum absolute atomic E-state index is 13.8. The lowest BCUT2D eigenvalue weighted by Gasteiger charge is -2.14. The van der Waals surface area contributed by atoms with Gasteiger partial charge in [0.1, 0.15) is 34.1 Å². The molecule has 0 aliphatic carbocycles. The summed E-state index contributed by atoms with van der Waals surface area (Å²) in [5.74, 6) is -1.23. The van der Waals surface area contributed by atoms with Crippen LogP contribution in [0.4, 0.5) is 10.7 Å². The molecule has 0 spiro atoms. The number of likely N-dealkylation sites (N-methyl/N-ethyl adjacent to an activating group) is 1. The number of imidazole rings is 1. The number of alkyl carbamates (subject to hydrolysis) is 1. The van der Waals surface area contributed by atoms with Crippen LogP contribution in [0.15, 0.2) is 60.5 Å². The minimum atomic E-state index is -0.703. The molecule has 6 aromatic rings. The topological polar surface area (TPSA) is 310 Å². The molecule has 0 saturated heterocycles. The molecular weight excluding hydrogens is 931 g/mol. The molecule has 0 saturated carbocycles. The molecule has 382 valence electrons. The lowest BCUT2D eigenvalue weighted by molar-refractivity contribution is -0.142. The second-order valence-corrected chi connectivity index (χ2v) is 16.2. The summed E-state index contributed by atoms with van der Waals surface area (Å²) in [6, 6.07) is 8.17. The molecule has 4 amide bonds. The van der Waals surface area contributed by atoms with Crippen LogP contribution < -0.4 is 36.9 Å². The van der Waals surface area contributed by atoms with Crippen LogP contribution in [0.2, 0.25) is 0 Å². The third-order valence-corrected chi connectivity index (χ3v) is 10.8. The molecule has 4 aromatic heterocycles. The Morgan fingerprint density at radius 2 is 1.49 bits per heavy atom. The first-order valence-electron chi connectivity index (χ1n) is 23.5. The number of primary amides is 2. The van der Waals surface area contributed by atoms with Gasteiger partial charge in [-0.05, 0) is 71.0 Å². The quantitative estimate of drug-likeness (QED) is 0.0131. The molecule has 0 aliphatic rings. The van der Waals surface area contributed by atoms with E-state index in [0.29, 0.717) is 82.1 Å². The Morgan fingerprint density at radius 1 is 0.806 bits per heavy atom. The van der Waals surface area contributed by atoms with Gasteiger partial charge in [0.25, 0.3) is 5.91 Å². The van der Waals surface area contributed by atoms with Crippen LogP contribution in [0.25, 0.3) is 44.5 Å². The minimum absolute atomic E-state index is 0.00196. The molecular formula is C49H61N13O10. The van der Waals surface area contributed by atoms with Gasteiger partial charge in [-0.25, -0.2) is 19.7 Å². The third kappa shape index (κ3) is 13.1. The van der Waals surface area contributed by atoms with Crippen molar-refractivity contribution in [2.75, 3.05) is 58.6 Å². The molecule has 0 radical (unpaired) electrons. The molecule has 72 heavy (non-hydrogen) atoms. The average molecular weight is 992 g/mol. The van der Waals surface area contributed by atoms with Gasteiger partial charge in [0.2, 0.25) is 17.8 Å². The van der Waals surface area contributed by atoms with Crippen LogP contribution in [0.1, 0.15) is 73.4 Å². The number of anilines is 1. The van der Waals surface area contributed by atoms with Crippen molar-refractivity contribution in [2.24, 2.45) is 11.5 Å². The Kier molecular flexibility index (Phi) is 18.4. The SMILES string of the molecule is CCN/C(=C\C(C)=N)C(=O)Nc1nc2cc(C(N)=O)cc(OCCCOC)c2n1C/C=C/Cn1c2nc(-c3cc(C)nn3CC)ncc2c2cc(C(N)=O)cc(OCCCOC(=O)NCCC(=O)OCC)c21. The standard InChI is InChI=1S/C49H61N13O10/c1-7-53-36(22-29(4)50)47(66)58-48-56-35-25-32(44(52)65)27-39(71-19-12-18-68-6)42(35)61(48)17-11-10-16-60-41-33(34-28-55-45(57-46(34)60)37-23-30(5)59-62(37)8-2)24-31(43(51)64)26-38(41)70-20-13-21-72-49(67)54-15-14-40(63)69-9-3/h10-11,22-28,50,53H,7-9,12-21H2,1-6H3,(H2,51,64)(H2,52,65)(H,54,67)(H,56,58,66)/b11-10+,36-22-,50-29?. The number of hydrogen-bond acceptors (Lipinski definition) is 16. The monoisotopic (exact) mass is 991 g/mol. The molecule has 0 bridgehead atoms. The lowest BCUT2D eigenvalue weighted by atomic mass is 10.1. The Morgan fingerprint density at radius 3 is 2.14 bits per heavy atom. The van der Waals surface area contributed by atoms with Gasteiger partial charge in [0, 0.05) is 93.1 Å². The van der Waals surface area contributed by atoms with Crippen molar-refractivity contribution in [3.8, 4) is 23.0 Å². The average Bonchev–Trinajstić information content (AvgIpc) is 4.01. The zero-order valence-electron chi connectivity index (χ0n) is 41.3. The number of nitrogens with one attached hydrogen (secondary N) is 4. The number of ether oxygens (including phenoxy) is 5. The molecule has 0 atom stereocenters. The zero-order chi connectivity index (χ0) is 51.9. The number of fused-ring (bicyclic) bond motifs is 4. The van der Waals surface area contributed by atoms with E-state index in [4.69, 9.17) is 55.5 Å². The molecule has 0 aliphatic heterocycles. The molecule has 0 unspecified atom stereocenters. The number of rotatable bonds is 27.